The summed E-state index contributed by atoms with van der Waals surface area (Å²) in [5, 5.41) is 15.2. The predicted molar refractivity (Wildman–Crippen MR) is 66.3 cm³/mol. The van der Waals surface area contributed by atoms with Crippen molar-refractivity contribution in [1.29, 1.82) is 0 Å². The zero-order valence-corrected chi connectivity index (χ0v) is 10.8. The van der Waals surface area contributed by atoms with E-state index >= 15 is 0 Å². The van der Waals surface area contributed by atoms with E-state index < -0.39 is 17.9 Å². The van der Waals surface area contributed by atoms with E-state index in [0.717, 1.165) is 0 Å². The van der Waals surface area contributed by atoms with Crippen LogP contribution in [0.2, 0.25) is 0 Å². The SMILES string of the molecule is CCNC(=O)CNC(=O)NC(=O)CCCCC(=O)O. The van der Waals surface area contributed by atoms with Gasteiger partial charge in [-0.05, 0) is 19.8 Å². The van der Waals surface area contributed by atoms with Gasteiger partial charge in [-0.1, -0.05) is 0 Å². The first-order chi connectivity index (χ1) is 8.95. The number of carbonyl (C=O) groups excluding carboxylic acids is 3. The summed E-state index contributed by atoms with van der Waals surface area (Å²) in [5.41, 5.74) is 0. The van der Waals surface area contributed by atoms with Crippen molar-refractivity contribution in [2.24, 2.45) is 0 Å². The van der Waals surface area contributed by atoms with Gasteiger partial charge in [-0.15, -0.1) is 0 Å². The Kier molecular flexibility index (Phi) is 8.76. The highest BCUT2D eigenvalue weighted by molar-refractivity contribution is 5.95. The third-order valence-electron chi connectivity index (χ3n) is 2.08. The molecule has 0 fully saturated rings. The van der Waals surface area contributed by atoms with Crippen molar-refractivity contribution < 1.29 is 24.3 Å². The van der Waals surface area contributed by atoms with Gasteiger partial charge in [0.25, 0.3) is 0 Å². The van der Waals surface area contributed by atoms with Crippen molar-refractivity contribution in [2.45, 2.75) is 32.6 Å². The average molecular weight is 273 g/mol. The van der Waals surface area contributed by atoms with Crippen LogP contribution in [0.15, 0.2) is 0 Å². The Balaban J connectivity index is 3.66. The minimum atomic E-state index is -0.917. The molecule has 8 nitrogen and oxygen atoms in total. The molecule has 0 heterocycles. The lowest BCUT2D eigenvalue weighted by Crippen LogP contribution is -2.44. The lowest BCUT2D eigenvalue weighted by atomic mass is 10.2. The van der Waals surface area contributed by atoms with Crippen molar-refractivity contribution in [1.82, 2.24) is 16.0 Å². The fraction of sp³-hybridized carbons (Fsp3) is 0.636. The zero-order valence-electron chi connectivity index (χ0n) is 10.8. The number of carboxylic acids is 1. The van der Waals surface area contributed by atoms with Gasteiger partial charge in [0, 0.05) is 19.4 Å². The average Bonchev–Trinajstić information content (AvgIpc) is 2.32. The van der Waals surface area contributed by atoms with Gasteiger partial charge in [-0.2, -0.15) is 0 Å². The summed E-state index contributed by atoms with van der Waals surface area (Å²) in [4.78, 5) is 43.7. The molecule has 0 aliphatic heterocycles. The predicted octanol–water partition coefficient (Wildman–Crippen LogP) is -0.407. The Bertz CT molecular complexity index is 343. The van der Waals surface area contributed by atoms with Gasteiger partial charge in [0.1, 0.15) is 0 Å². The quantitative estimate of drug-likeness (QED) is 0.448. The maximum Gasteiger partial charge on any atom is 0.321 e. The molecule has 0 saturated carbocycles. The molecule has 0 aliphatic rings. The van der Waals surface area contributed by atoms with E-state index in [0.29, 0.717) is 19.4 Å². The fourth-order valence-electron chi connectivity index (χ4n) is 1.22. The van der Waals surface area contributed by atoms with Crippen molar-refractivity contribution >= 4 is 23.8 Å². The van der Waals surface area contributed by atoms with E-state index in [1.807, 2.05) is 5.32 Å². The van der Waals surface area contributed by atoms with Crippen molar-refractivity contribution in [3.63, 3.8) is 0 Å². The van der Waals surface area contributed by atoms with Crippen molar-refractivity contribution in [3.05, 3.63) is 0 Å². The third kappa shape index (κ3) is 10.7. The Morgan fingerprint density at radius 2 is 1.58 bits per heavy atom. The lowest BCUT2D eigenvalue weighted by Gasteiger charge is -2.06. The normalized spacial score (nSPS) is 9.53. The summed E-state index contributed by atoms with van der Waals surface area (Å²) >= 11 is 0. The van der Waals surface area contributed by atoms with E-state index in [9.17, 15) is 19.2 Å². The molecule has 0 radical (unpaired) electrons. The molecule has 0 aliphatic carbocycles. The molecule has 0 rings (SSSR count). The Morgan fingerprint density at radius 3 is 2.16 bits per heavy atom. The van der Waals surface area contributed by atoms with Gasteiger partial charge in [-0.25, -0.2) is 4.79 Å². The van der Waals surface area contributed by atoms with Gasteiger partial charge in [0.2, 0.25) is 11.8 Å². The van der Waals surface area contributed by atoms with Crippen LogP contribution in [0.4, 0.5) is 4.79 Å². The van der Waals surface area contributed by atoms with Gasteiger partial charge in [0.15, 0.2) is 0 Å². The second kappa shape index (κ2) is 9.86. The first-order valence-corrected chi connectivity index (χ1v) is 6.01. The molecule has 0 unspecified atom stereocenters. The largest absolute Gasteiger partial charge is 0.481 e. The molecule has 0 bridgehead atoms. The van der Waals surface area contributed by atoms with Crippen molar-refractivity contribution in [3.8, 4) is 0 Å². The summed E-state index contributed by atoms with van der Waals surface area (Å²) in [7, 11) is 0. The lowest BCUT2D eigenvalue weighted by molar-refractivity contribution is -0.137. The van der Waals surface area contributed by atoms with Crippen LogP contribution in [0.5, 0.6) is 0 Å². The third-order valence-corrected chi connectivity index (χ3v) is 2.08. The van der Waals surface area contributed by atoms with Crippen LogP contribution in [0.25, 0.3) is 0 Å². The number of likely N-dealkylation sites (N-methyl/N-ethyl adjacent to an activating group) is 1. The van der Waals surface area contributed by atoms with Crippen LogP contribution in [0.3, 0.4) is 0 Å². The van der Waals surface area contributed by atoms with Crippen LogP contribution in [-0.4, -0.2) is 42.0 Å². The fourth-order valence-corrected chi connectivity index (χ4v) is 1.22. The number of carbonyl (C=O) groups is 4. The smallest absolute Gasteiger partial charge is 0.321 e. The molecule has 0 atom stereocenters. The monoisotopic (exact) mass is 273 g/mol. The molecule has 0 aromatic carbocycles. The molecule has 0 aromatic rings. The summed E-state index contributed by atoms with van der Waals surface area (Å²) in [6.07, 6.45) is 0.837. The number of rotatable bonds is 8. The van der Waals surface area contributed by atoms with E-state index in [1.165, 1.54) is 0 Å². The minimum Gasteiger partial charge on any atom is -0.481 e. The molecule has 8 heteroatoms. The molecule has 19 heavy (non-hydrogen) atoms. The highest BCUT2D eigenvalue weighted by atomic mass is 16.4. The molecule has 4 amide bonds. The second-order valence-electron chi connectivity index (χ2n) is 3.79. The number of carboxylic acid groups (broad SMARTS) is 1. The number of hydrogen-bond acceptors (Lipinski definition) is 4. The summed E-state index contributed by atoms with van der Waals surface area (Å²) in [5.74, 6) is -1.76. The van der Waals surface area contributed by atoms with Crippen LogP contribution in [0.1, 0.15) is 32.6 Å². The highest BCUT2D eigenvalue weighted by Gasteiger charge is 2.08. The summed E-state index contributed by atoms with van der Waals surface area (Å²) < 4.78 is 0. The molecule has 0 aromatic heterocycles. The van der Waals surface area contributed by atoms with Gasteiger partial charge >= 0.3 is 12.0 Å². The van der Waals surface area contributed by atoms with Gasteiger partial charge < -0.3 is 15.7 Å². The minimum absolute atomic E-state index is 0.00331. The van der Waals surface area contributed by atoms with Crippen LogP contribution >= 0.6 is 0 Å². The number of unbranched alkanes of at least 4 members (excludes halogenated alkanes) is 1. The van der Waals surface area contributed by atoms with Gasteiger partial charge in [-0.3, -0.25) is 19.7 Å². The number of hydrogen-bond donors (Lipinski definition) is 4. The maximum atomic E-state index is 11.2. The molecular formula is C11H19N3O5. The van der Waals surface area contributed by atoms with Crippen LogP contribution in [0, 0.1) is 0 Å². The first-order valence-electron chi connectivity index (χ1n) is 6.01. The maximum absolute atomic E-state index is 11.2. The van der Waals surface area contributed by atoms with Crippen LogP contribution < -0.4 is 16.0 Å². The summed E-state index contributed by atoms with van der Waals surface area (Å²) in [6, 6.07) is -0.741. The molecule has 0 spiro atoms. The van der Waals surface area contributed by atoms with Crippen molar-refractivity contribution in [2.75, 3.05) is 13.1 Å². The number of imide groups is 1. The zero-order chi connectivity index (χ0) is 14.7. The number of nitrogens with one attached hydrogen (secondary N) is 3. The molecule has 0 saturated heterocycles. The van der Waals surface area contributed by atoms with E-state index in [-0.39, 0.29) is 25.3 Å². The number of amides is 4. The topological polar surface area (TPSA) is 125 Å². The molecular weight excluding hydrogens is 254 g/mol. The van der Waals surface area contributed by atoms with Gasteiger partial charge in [0.05, 0.1) is 6.54 Å². The Labute approximate surface area is 110 Å². The number of urea groups is 1. The Hall–Kier alpha value is -2.12. The highest BCUT2D eigenvalue weighted by Crippen LogP contribution is 1.99. The van der Waals surface area contributed by atoms with E-state index in [2.05, 4.69) is 10.6 Å². The standard InChI is InChI=1S/C11H19N3O5/c1-2-12-9(16)7-13-11(19)14-8(15)5-3-4-6-10(17)18/h2-7H2,1H3,(H,12,16)(H,17,18)(H2,13,14,15,19). The van der Waals surface area contributed by atoms with E-state index in [1.54, 1.807) is 6.92 Å². The first kappa shape index (κ1) is 16.9. The van der Waals surface area contributed by atoms with E-state index in [4.69, 9.17) is 5.11 Å². The molecule has 108 valence electrons. The van der Waals surface area contributed by atoms with Crippen LogP contribution in [-0.2, 0) is 14.4 Å². The second-order valence-corrected chi connectivity index (χ2v) is 3.79. The number of aliphatic carboxylic acids is 1. The molecule has 4 N–H and O–H groups in total. The Morgan fingerprint density at radius 1 is 0.947 bits per heavy atom. The summed E-state index contributed by atoms with van der Waals surface area (Å²) in [6.45, 7) is 2.01.